The molecule has 27 heavy (non-hydrogen) atoms. The predicted molar refractivity (Wildman–Crippen MR) is 111 cm³/mol. The highest BCUT2D eigenvalue weighted by Gasteiger charge is 2.29. The number of nitrogens with zero attached hydrogens (tertiary/aromatic N) is 3. The standard InChI is InChI=1S/C21H37N5O/c1-21(2,26-13-5-4-6-14-26)17-24-20(22-3)23-16-18(19-10-9-15-27-19)25-11-7-8-12-25/h9-10,15,18H,4-8,11-14,16-17H2,1-3H3,(H2,22,23,24). The molecule has 0 radical (unpaired) electrons. The number of hydrogen-bond acceptors (Lipinski definition) is 4. The molecule has 3 heterocycles. The van der Waals surface area contributed by atoms with Crippen molar-refractivity contribution in [2.75, 3.05) is 46.3 Å². The summed E-state index contributed by atoms with van der Waals surface area (Å²) in [6.45, 7) is 11.0. The Bertz CT molecular complexity index is 571. The molecule has 0 spiro atoms. The third kappa shape index (κ3) is 5.48. The molecule has 2 aliphatic heterocycles. The number of guanidine groups is 1. The van der Waals surface area contributed by atoms with Gasteiger partial charge < -0.3 is 15.1 Å². The number of piperidine rings is 1. The second-order valence-corrected chi connectivity index (χ2v) is 8.44. The first-order chi connectivity index (χ1) is 13.1. The predicted octanol–water partition coefficient (Wildman–Crippen LogP) is 2.85. The van der Waals surface area contributed by atoms with Gasteiger partial charge in [-0.05, 0) is 77.8 Å². The highest BCUT2D eigenvalue weighted by atomic mass is 16.3. The van der Waals surface area contributed by atoms with Crippen molar-refractivity contribution in [2.45, 2.75) is 57.5 Å². The van der Waals surface area contributed by atoms with Crippen LogP contribution in [-0.2, 0) is 0 Å². The van der Waals surface area contributed by atoms with Crippen LogP contribution >= 0.6 is 0 Å². The Morgan fingerprint density at radius 2 is 1.81 bits per heavy atom. The minimum absolute atomic E-state index is 0.132. The first-order valence-corrected chi connectivity index (χ1v) is 10.6. The summed E-state index contributed by atoms with van der Waals surface area (Å²) in [5.41, 5.74) is 0.132. The molecule has 1 atom stereocenters. The van der Waals surface area contributed by atoms with Gasteiger partial charge in [-0.15, -0.1) is 0 Å². The van der Waals surface area contributed by atoms with Crippen molar-refractivity contribution in [3.63, 3.8) is 0 Å². The molecule has 2 saturated heterocycles. The zero-order valence-corrected chi connectivity index (χ0v) is 17.3. The topological polar surface area (TPSA) is 56.0 Å². The third-order valence-electron chi connectivity index (χ3n) is 6.04. The second-order valence-electron chi connectivity index (χ2n) is 8.44. The summed E-state index contributed by atoms with van der Waals surface area (Å²) >= 11 is 0. The Morgan fingerprint density at radius 1 is 1.11 bits per heavy atom. The Morgan fingerprint density at radius 3 is 2.44 bits per heavy atom. The van der Waals surface area contributed by atoms with Crippen LogP contribution in [-0.4, -0.2) is 67.6 Å². The quantitative estimate of drug-likeness (QED) is 0.567. The number of furan rings is 1. The van der Waals surface area contributed by atoms with Crippen LogP contribution in [0.5, 0.6) is 0 Å². The maximum atomic E-state index is 5.72. The maximum Gasteiger partial charge on any atom is 0.191 e. The first-order valence-electron chi connectivity index (χ1n) is 10.6. The van der Waals surface area contributed by atoms with E-state index in [0.717, 1.165) is 37.9 Å². The fourth-order valence-corrected chi connectivity index (χ4v) is 4.27. The molecule has 0 bridgehead atoms. The molecule has 0 amide bonds. The molecular formula is C21H37N5O. The molecule has 3 rings (SSSR count). The maximum absolute atomic E-state index is 5.72. The van der Waals surface area contributed by atoms with Crippen molar-refractivity contribution in [3.05, 3.63) is 24.2 Å². The van der Waals surface area contributed by atoms with E-state index in [1.54, 1.807) is 6.26 Å². The molecule has 6 nitrogen and oxygen atoms in total. The lowest BCUT2D eigenvalue weighted by Crippen LogP contribution is -2.55. The van der Waals surface area contributed by atoms with E-state index >= 15 is 0 Å². The molecule has 2 aliphatic rings. The molecule has 0 saturated carbocycles. The molecule has 1 unspecified atom stereocenters. The summed E-state index contributed by atoms with van der Waals surface area (Å²) in [4.78, 5) is 9.56. The van der Waals surface area contributed by atoms with Crippen molar-refractivity contribution < 1.29 is 4.42 Å². The van der Waals surface area contributed by atoms with E-state index in [0.29, 0.717) is 0 Å². The lowest BCUT2D eigenvalue weighted by atomic mass is 9.98. The van der Waals surface area contributed by atoms with Gasteiger partial charge >= 0.3 is 0 Å². The summed E-state index contributed by atoms with van der Waals surface area (Å²) in [7, 11) is 1.85. The van der Waals surface area contributed by atoms with Gasteiger partial charge in [0.2, 0.25) is 0 Å². The minimum atomic E-state index is 0.132. The third-order valence-corrected chi connectivity index (χ3v) is 6.04. The van der Waals surface area contributed by atoms with Crippen LogP contribution in [0.15, 0.2) is 27.8 Å². The molecule has 6 heteroatoms. The Balaban J connectivity index is 1.53. The van der Waals surface area contributed by atoms with E-state index < -0.39 is 0 Å². The number of nitrogens with one attached hydrogen (secondary N) is 2. The largest absolute Gasteiger partial charge is 0.468 e. The first kappa shape index (κ1) is 20.2. The van der Waals surface area contributed by atoms with Crippen LogP contribution < -0.4 is 10.6 Å². The zero-order valence-electron chi connectivity index (χ0n) is 17.3. The van der Waals surface area contributed by atoms with Gasteiger partial charge in [0.1, 0.15) is 5.76 Å². The smallest absolute Gasteiger partial charge is 0.191 e. The Hall–Kier alpha value is -1.53. The summed E-state index contributed by atoms with van der Waals surface area (Å²) in [5.74, 6) is 1.91. The lowest BCUT2D eigenvalue weighted by Gasteiger charge is -2.41. The van der Waals surface area contributed by atoms with Gasteiger partial charge in [0.25, 0.3) is 0 Å². The Kier molecular flexibility index (Phi) is 7.19. The molecular weight excluding hydrogens is 338 g/mol. The van der Waals surface area contributed by atoms with E-state index in [4.69, 9.17) is 4.42 Å². The average Bonchev–Trinajstić information content (AvgIpc) is 3.40. The van der Waals surface area contributed by atoms with Gasteiger partial charge in [0.05, 0.1) is 12.3 Å². The highest BCUT2D eigenvalue weighted by Crippen LogP contribution is 2.25. The number of aliphatic imine (C=N–C) groups is 1. The van der Waals surface area contributed by atoms with Crippen LogP contribution in [0.25, 0.3) is 0 Å². The summed E-state index contributed by atoms with van der Waals surface area (Å²) in [6.07, 6.45) is 8.32. The molecule has 0 aromatic carbocycles. The molecule has 1 aromatic rings. The summed E-state index contributed by atoms with van der Waals surface area (Å²) in [5, 5.41) is 7.08. The number of hydrogen-bond donors (Lipinski definition) is 2. The monoisotopic (exact) mass is 375 g/mol. The average molecular weight is 376 g/mol. The zero-order chi connectivity index (χ0) is 19.1. The molecule has 2 fully saturated rings. The molecule has 152 valence electrons. The van der Waals surface area contributed by atoms with Gasteiger partial charge in [0, 0.05) is 25.7 Å². The van der Waals surface area contributed by atoms with Gasteiger partial charge in [-0.2, -0.15) is 0 Å². The van der Waals surface area contributed by atoms with Crippen LogP contribution in [0.4, 0.5) is 0 Å². The van der Waals surface area contributed by atoms with Crippen molar-refractivity contribution in [3.8, 4) is 0 Å². The Labute approximate surface area is 164 Å². The number of rotatable bonds is 7. The van der Waals surface area contributed by atoms with E-state index in [9.17, 15) is 0 Å². The van der Waals surface area contributed by atoms with Crippen LogP contribution in [0, 0.1) is 0 Å². The van der Waals surface area contributed by atoms with Crippen LogP contribution in [0.3, 0.4) is 0 Å². The SMILES string of the molecule is CN=C(NCC(c1ccco1)N1CCCC1)NCC(C)(C)N1CCCCC1. The molecule has 2 N–H and O–H groups in total. The van der Waals surface area contributed by atoms with Crippen LogP contribution in [0.2, 0.25) is 0 Å². The van der Waals surface area contributed by atoms with Crippen molar-refractivity contribution in [1.29, 1.82) is 0 Å². The van der Waals surface area contributed by atoms with Gasteiger partial charge in [-0.1, -0.05) is 6.42 Å². The van der Waals surface area contributed by atoms with Crippen molar-refractivity contribution in [1.82, 2.24) is 20.4 Å². The summed E-state index contributed by atoms with van der Waals surface area (Å²) in [6, 6.07) is 4.32. The second kappa shape index (κ2) is 9.60. The van der Waals surface area contributed by atoms with Crippen molar-refractivity contribution in [2.24, 2.45) is 4.99 Å². The molecule has 0 aliphatic carbocycles. The molecule has 1 aromatic heterocycles. The van der Waals surface area contributed by atoms with Gasteiger partial charge in [-0.25, -0.2) is 0 Å². The van der Waals surface area contributed by atoms with Gasteiger partial charge in [0.15, 0.2) is 5.96 Å². The number of likely N-dealkylation sites (tertiary alicyclic amines) is 2. The van der Waals surface area contributed by atoms with E-state index in [-0.39, 0.29) is 11.6 Å². The van der Waals surface area contributed by atoms with Crippen LogP contribution in [0.1, 0.15) is 57.8 Å². The summed E-state index contributed by atoms with van der Waals surface area (Å²) < 4.78 is 5.72. The lowest BCUT2D eigenvalue weighted by molar-refractivity contribution is 0.0982. The van der Waals surface area contributed by atoms with Gasteiger partial charge in [-0.3, -0.25) is 14.8 Å². The van der Waals surface area contributed by atoms with E-state index in [1.165, 1.54) is 45.2 Å². The fourth-order valence-electron chi connectivity index (χ4n) is 4.27. The highest BCUT2D eigenvalue weighted by molar-refractivity contribution is 5.79. The van der Waals surface area contributed by atoms with E-state index in [2.05, 4.69) is 45.3 Å². The minimum Gasteiger partial charge on any atom is -0.468 e. The van der Waals surface area contributed by atoms with E-state index in [1.807, 2.05) is 13.1 Å². The normalized spacial score (nSPS) is 21.4. The van der Waals surface area contributed by atoms with Crippen molar-refractivity contribution >= 4 is 5.96 Å². The fraction of sp³-hybridized carbons (Fsp3) is 0.762.